The molecule has 2 rings (SSSR count). The molecule has 112 valence electrons. The number of hydrogen-bond acceptors (Lipinski definition) is 3. The van der Waals surface area contributed by atoms with Crippen molar-refractivity contribution < 1.29 is 14.6 Å². The molecule has 0 aromatic heterocycles. The molecule has 1 N–H and O–H groups in total. The fraction of sp³-hybridized carbons (Fsp3) is 0.294. The summed E-state index contributed by atoms with van der Waals surface area (Å²) in [4.78, 5) is 0. The van der Waals surface area contributed by atoms with E-state index in [4.69, 9.17) is 21.1 Å². The third kappa shape index (κ3) is 3.14. The largest absolute Gasteiger partial charge is 0.496 e. The highest BCUT2D eigenvalue weighted by Gasteiger charge is 2.18. The second-order valence-electron chi connectivity index (χ2n) is 4.98. The van der Waals surface area contributed by atoms with Gasteiger partial charge in [-0.3, -0.25) is 0 Å². The predicted molar refractivity (Wildman–Crippen MR) is 84.5 cm³/mol. The van der Waals surface area contributed by atoms with Gasteiger partial charge in [0.2, 0.25) is 0 Å². The van der Waals surface area contributed by atoms with Gasteiger partial charge in [-0.15, -0.1) is 0 Å². The van der Waals surface area contributed by atoms with E-state index in [0.29, 0.717) is 16.3 Å². The van der Waals surface area contributed by atoms with Crippen molar-refractivity contribution in [2.24, 2.45) is 0 Å². The van der Waals surface area contributed by atoms with E-state index in [1.165, 1.54) is 0 Å². The van der Waals surface area contributed by atoms with E-state index in [2.05, 4.69) is 0 Å². The third-order valence-corrected chi connectivity index (χ3v) is 3.72. The Morgan fingerprint density at radius 2 is 1.62 bits per heavy atom. The zero-order valence-corrected chi connectivity index (χ0v) is 13.4. The Hall–Kier alpha value is -1.71. The zero-order valence-electron chi connectivity index (χ0n) is 12.6. The average molecular weight is 307 g/mol. The summed E-state index contributed by atoms with van der Waals surface area (Å²) in [6.07, 6.45) is -0.804. The maximum Gasteiger partial charge on any atom is 0.125 e. The van der Waals surface area contributed by atoms with Gasteiger partial charge in [0.05, 0.1) is 14.2 Å². The maximum atomic E-state index is 10.7. The fourth-order valence-electron chi connectivity index (χ4n) is 2.56. The van der Waals surface area contributed by atoms with E-state index in [1.54, 1.807) is 32.4 Å². The molecule has 0 saturated carbocycles. The number of methoxy groups -OCH3 is 2. The summed E-state index contributed by atoms with van der Waals surface area (Å²) in [5, 5.41) is 11.2. The Bertz CT molecular complexity index is 629. The molecule has 1 unspecified atom stereocenters. The number of ether oxygens (including phenoxy) is 2. The van der Waals surface area contributed by atoms with Gasteiger partial charge in [-0.25, -0.2) is 0 Å². The summed E-state index contributed by atoms with van der Waals surface area (Å²) < 4.78 is 10.7. The van der Waals surface area contributed by atoms with Crippen LogP contribution in [0.3, 0.4) is 0 Å². The van der Waals surface area contributed by atoms with Gasteiger partial charge in [-0.2, -0.15) is 0 Å². The van der Waals surface area contributed by atoms with Crippen molar-refractivity contribution in [1.29, 1.82) is 0 Å². The monoisotopic (exact) mass is 306 g/mol. The summed E-state index contributed by atoms with van der Waals surface area (Å²) in [5.41, 5.74) is 3.39. The second-order valence-corrected chi connectivity index (χ2v) is 5.41. The van der Waals surface area contributed by atoms with Crippen LogP contribution in [-0.4, -0.2) is 19.3 Å². The molecule has 0 saturated heterocycles. The maximum absolute atomic E-state index is 10.7. The molecule has 0 bridgehead atoms. The highest BCUT2D eigenvalue weighted by atomic mass is 35.5. The van der Waals surface area contributed by atoms with Gasteiger partial charge in [0, 0.05) is 10.6 Å². The Morgan fingerprint density at radius 1 is 1.00 bits per heavy atom. The zero-order chi connectivity index (χ0) is 15.6. The van der Waals surface area contributed by atoms with E-state index in [-0.39, 0.29) is 0 Å². The topological polar surface area (TPSA) is 38.7 Å². The normalized spacial score (nSPS) is 12.1. The number of benzene rings is 2. The molecule has 0 spiro atoms. The number of hydrogen-bond donors (Lipinski definition) is 1. The predicted octanol–water partition coefficient (Wildman–Crippen LogP) is 4.06. The number of rotatable bonds is 4. The van der Waals surface area contributed by atoms with Crippen LogP contribution in [0.25, 0.3) is 0 Å². The molecule has 2 aromatic rings. The van der Waals surface area contributed by atoms with Crippen LogP contribution in [-0.2, 0) is 0 Å². The minimum atomic E-state index is -0.804. The molecule has 1 atom stereocenters. The minimum absolute atomic E-state index is 0.562. The van der Waals surface area contributed by atoms with Crippen molar-refractivity contribution in [3.63, 3.8) is 0 Å². The average Bonchev–Trinajstić information content (AvgIpc) is 2.46. The summed E-state index contributed by atoms with van der Waals surface area (Å²) >= 11 is 6.03. The molecule has 0 radical (unpaired) electrons. The molecule has 0 amide bonds. The summed E-state index contributed by atoms with van der Waals surface area (Å²) in [7, 11) is 3.22. The van der Waals surface area contributed by atoms with Gasteiger partial charge in [-0.1, -0.05) is 11.6 Å². The van der Waals surface area contributed by atoms with Gasteiger partial charge in [0.1, 0.15) is 17.6 Å². The molecular formula is C17H19ClO3. The third-order valence-electron chi connectivity index (χ3n) is 3.49. The first kappa shape index (κ1) is 15.7. The van der Waals surface area contributed by atoms with Crippen molar-refractivity contribution in [3.05, 3.63) is 57.6 Å². The van der Waals surface area contributed by atoms with Gasteiger partial charge in [-0.05, 0) is 60.9 Å². The standard InChI is InChI=1S/C17H19ClO3/c1-10-7-12(8-11(2)17(10)21-4)16(19)14-9-13(18)5-6-15(14)20-3/h5-9,16,19H,1-4H3. The summed E-state index contributed by atoms with van der Waals surface area (Å²) in [6, 6.07) is 9.04. The van der Waals surface area contributed by atoms with E-state index >= 15 is 0 Å². The lowest BCUT2D eigenvalue weighted by Gasteiger charge is -2.18. The van der Waals surface area contributed by atoms with Crippen LogP contribution in [0.15, 0.2) is 30.3 Å². The molecule has 2 aromatic carbocycles. The van der Waals surface area contributed by atoms with Crippen molar-refractivity contribution >= 4 is 11.6 Å². The second kappa shape index (κ2) is 6.37. The summed E-state index contributed by atoms with van der Waals surface area (Å²) in [6.45, 7) is 3.91. The van der Waals surface area contributed by atoms with E-state index < -0.39 is 6.10 Å². The molecule has 0 aliphatic rings. The summed E-state index contributed by atoms with van der Waals surface area (Å²) in [5.74, 6) is 1.45. The molecule has 21 heavy (non-hydrogen) atoms. The first-order chi connectivity index (χ1) is 9.97. The lowest BCUT2D eigenvalue weighted by Crippen LogP contribution is -2.04. The molecule has 3 nitrogen and oxygen atoms in total. The number of aliphatic hydroxyl groups excluding tert-OH is 1. The number of aryl methyl sites for hydroxylation is 2. The van der Waals surface area contributed by atoms with Gasteiger partial charge >= 0.3 is 0 Å². The quantitative estimate of drug-likeness (QED) is 0.926. The SMILES string of the molecule is COc1ccc(Cl)cc1C(O)c1cc(C)c(OC)c(C)c1. The van der Waals surface area contributed by atoms with Crippen molar-refractivity contribution in [3.8, 4) is 11.5 Å². The van der Waals surface area contributed by atoms with E-state index in [9.17, 15) is 5.11 Å². The molecule has 0 aliphatic carbocycles. The van der Waals surface area contributed by atoms with Crippen LogP contribution in [0, 0.1) is 13.8 Å². The Morgan fingerprint density at radius 3 is 2.14 bits per heavy atom. The van der Waals surface area contributed by atoms with Crippen LogP contribution in [0.4, 0.5) is 0 Å². The Balaban J connectivity index is 2.50. The number of aliphatic hydroxyl groups is 1. The van der Waals surface area contributed by atoms with Gasteiger partial charge < -0.3 is 14.6 Å². The fourth-order valence-corrected chi connectivity index (χ4v) is 2.74. The van der Waals surface area contributed by atoms with Crippen molar-refractivity contribution in [1.82, 2.24) is 0 Å². The minimum Gasteiger partial charge on any atom is -0.496 e. The first-order valence-electron chi connectivity index (χ1n) is 6.64. The lowest BCUT2D eigenvalue weighted by molar-refractivity contribution is 0.214. The van der Waals surface area contributed by atoms with Crippen molar-refractivity contribution in [2.75, 3.05) is 14.2 Å². The van der Waals surface area contributed by atoms with Crippen LogP contribution in [0.1, 0.15) is 28.4 Å². The van der Waals surface area contributed by atoms with E-state index in [0.717, 1.165) is 22.4 Å². The first-order valence-corrected chi connectivity index (χ1v) is 7.02. The van der Waals surface area contributed by atoms with Crippen LogP contribution >= 0.6 is 11.6 Å². The highest BCUT2D eigenvalue weighted by Crippen LogP contribution is 2.35. The highest BCUT2D eigenvalue weighted by molar-refractivity contribution is 6.30. The Labute approximate surface area is 130 Å². The van der Waals surface area contributed by atoms with E-state index in [1.807, 2.05) is 26.0 Å². The molecule has 4 heteroatoms. The van der Waals surface area contributed by atoms with Crippen LogP contribution in [0.5, 0.6) is 11.5 Å². The lowest BCUT2D eigenvalue weighted by atomic mass is 9.96. The molecule has 0 aliphatic heterocycles. The van der Waals surface area contributed by atoms with Gasteiger partial charge in [0.25, 0.3) is 0 Å². The molecule has 0 heterocycles. The van der Waals surface area contributed by atoms with Crippen LogP contribution < -0.4 is 9.47 Å². The molecule has 0 fully saturated rings. The van der Waals surface area contributed by atoms with Crippen LogP contribution in [0.2, 0.25) is 5.02 Å². The van der Waals surface area contributed by atoms with Crippen molar-refractivity contribution in [2.45, 2.75) is 20.0 Å². The Kier molecular flexibility index (Phi) is 4.76. The molecular weight excluding hydrogens is 288 g/mol. The van der Waals surface area contributed by atoms with Gasteiger partial charge in [0.15, 0.2) is 0 Å². The smallest absolute Gasteiger partial charge is 0.125 e. The number of halogens is 1.